The molecule has 0 rings (SSSR count). The predicted octanol–water partition coefficient (Wildman–Crippen LogP) is 14.1. The largest absolute Gasteiger partial charge is 0.394 e. The number of unbranched alkanes of at least 4 members (excludes halogenated alkanes) is 29. The summed E-state index contributed by atoms with van der Waals surface area (Å²) in [6.45, 7) is 4.14. The summed E-state index contributed by atoms with van der Waals surface area (Å²) in [5.41, 5.74) is 0. The maximum Gasteiger partial charge on any atom is 0.249 e. The number of amides is 1. The monoisotopic (exact) mass is 772 g/mol. The van der Waals surface area contributed by atoms with E-state index >= 15 is 0 Å². The first-order chi connectivity index (χ1) is 27.1. The molecule has 0 saturated carbocycles. The molecule has 0 heterocycles. The van der Waals surface area contributed by atoms with Crippen molar-refractivity contribution in [1.82, 2.24) is 5.32 Å². The topological polar surface area (TPSA) is 89.8 Å². The highest BCUT2D eigenvalue weighted by atomic mass is 16.3. The van der Waals surface area contributed by atoms with Crippen molar-refractivity contribution in [3.8, 4) is 0 Å². The predicted molar refractivity (Wildman–Crippen MR) is 241 cm³/mol. The Balaban J connectivity index is 3.60. The molecule has 4 N–H and O–H groups in total. The fourth-order valence-corrected chi connectivity index (χ4v) is 7.09. The normalized spacial score (nSPS) is 13.9. The summed E-state index contributed by atoms with van der Waals surface area (Å²) in [5.74, 6) is -0.518. The van der Waals surface area contributed by atoms with Gasteiger partial charge in [0, 0.05) is 0 Å². The third-order valence-electron chi connectivity index (χ3n) is 10.9. The zero-order valence-corrected chi connectivity index (χ0v) is 36.6. The number of aliphatic hydroxyl groups is 3. The van der Waals surface area contributed by atoms with Crippen molar-refractivity contribution >= 4 is 5.91 Å². The molecule has 0 aromatic rings. The van der Waals surface area contributed by atoms with Crippen LogP contribution in [0.4, 0.5) is 0 Å². The average molecular weight is 772 g/mol. The fraction of sp³-hybridized carbons (Fsp3) is 0.820. The molecule has 0 fully saturated rings. The molecular weight excluding hydrogens is 679 g/mol. The van der Waals surface area contributed by atoms with Crippen LogP contribution < -0.4 is 5.32 Å². The van der Waals surface area contributed by atoms with Crippen LogP contribution in [0, 0.1) is 0 Å². The Morgan fingerprint density at radius 2 is 0.745 bits per heavy atom. The molecule has 1 amide bonds. The van der Waals surface area contributed by atoms with E-state index in [-0.39, 0.29) is 6.61 Å². The molecule has 0 aromatic heterocycles. The van der Waals surface area contributed by atoms with E-state index in [1.807, 2.05) is 6.08 Å². The van der Waals surface area contributed by atoms with Crippen molar-refractivity contribution in [2.45, 2.75) is 257 Å². The Kier molecular flexibility index (Phi) is 43.6. The minimum absolute atomic E-state index is 0.382. The highest BCUT2D eigenvalue weighted by Crippen LogP contribution is 2.15. The van der Waals surface area contributed by atoms with Crippen molar-refractivity contribution in [3.63, 3.8) is 0 Å². The summed E-state index contributed by atoms with van der Waals surface area (Å²) in [5, 5.41) is 33.1. The van der Waals surface area contributed by atoms with E-state index in [0.717, 1.165) is 44.9 Å². The molecule has 5 heteroatoms. The first-order valence-electron chi connectivity index (χ1n) is 24.0. The second kappa shape index (κ2) is 45.0. The standard InChI is InChI=1S/C50H93NO4/c1-3-5-7-9-11-13-15-17-18-19-20-21-22-23-24-25-26-27-28-29-30-31-33-35-37-39-41-43-45-49(54)50(55)51-47(46-52)48(53)44-42-40-38-36-34-32-16-14-12-10-8-6-4-2/h12,14,23-24,34,36,42,44,47-49,52-54H,3-11,13,15-22,25-33,35,37-41,43,45-46H2,1-2H3,(H,51,55)/b14-12+,24-23-,36-34+,44-42+. The van der Waals surface area contributed by atoms with Gasteiger partial charge in [0.15, 0.2) is 0 Å². The number of rotatable bonds is 43. The van der Waals surface area contributed by atoms with E-state index in [9.17, 15) is 20.1 Å². The lowest BCUT2D eigenvalue weighted by Gasteiger charge is -2.21. The number of carbonyl (C=O) groups is 1. The Labute approximate surface area is 342 Å². The lowest BCUT2D eigenvalue weighted by Crippen LogP contribution is -2.48. The molecule has 3 unspecified atom stereocenters. The Hall–Kier alpha value is -1.69. The van der Waals surface area contributed by atoms with E-state index in [1.54, 1.807) is 6.08 Å². The molecule has 0 bridgehead atoms. The lowest BCUT2D eigenvalue weighted by molar-refractivity contribution is -0.131. The maximum absolute atomic E-state index is 12.5. The zero-order chi connectivity index (χ0) is 40.1. The zero-order valence-electron chi connectivity index (χ0n) is 36.6. The Morgan fingerprint density at radius 3 is 1.15 bits per heavy atom. The van der Waals surface area contributed by atoms with Crippen LogP contribution in [-0.4, -0.2) is 46.1 Å². The first-order valence-corrected chi connectivity index (χ1v) is 24.0. The smallest absolute Gasteiger partial charge is 0.249 e. The van der Waals surface area contributed by atoms with Crippen LogP contribution >= 0.6 is 0 Å². The number of nitrogens with one attached hydrogen (secondary N) is 1. The van der Waals surface area contributed by atoms with Gasteiger partial charge in [0.25, 0.3) is 0 Å². The summed E-state index contributed by atoms with van der Waals surface area (Å²) in [6, 6.07) is -0.820. The van der Waals surface area contributed by atoms with Crippen molar-refractivity contribution in [2.24, 2.45) is 0 Å². The van der Waals surface area contributed by atoms with E-state index in [2.05, 4.69) is 55.6 Å². The quantitative estimate of drug-likeness (QED) is 0.0367. The highest BCUT2D eigenvalue weighted by molar-refractivity contribution is 5.80. The minimum Gasteiger partial charge on any atom is -0.394 e. The van der Waals surface area contributed by atoms with Crippen LogP contribution in [0.5, 0.6) is 0 Å². The molecule has 0 aliphatic heterocycles. The second-order valence-electron chi connectivity index (χ2n) is 16.3. The maximum atomic E-state index is 12.5. The van der Waals surface area contributed by atoms with Gasteiger partial charge in [0.05, 0.1) is 18.8 Å². The van der Waals surface area contributed by atoms with Crippen molar-refractivity contribution in [2.75, 3.05) is 6.61 Å². The van der Waals surface area contributed by atoms with Gasteiger partial charge >= 0.3 is 0 Å². The number of aliphatic hydroxyl groups excluding tert-OH is 3. The summed E-state index contributed by atoms with van der Waals surface area (Å²) in [7, 11) is 0. The van der Waals surface area contributed by atoms with Crippen LogP contribution in [0.15, 0.2) is 48.6 Å². The number of carbonyl (C=O) groups excluding carboxylic acids is 1. The molecule has 0 aliphatic carbocycles. The summed E-state index contributed by atoms with van der Waals surface area (Å²) in [6.07, 6.45) is 58.8. The van der Waals surface area contributed by atoms with Gasteiger partial charge < -0.3 is 20.6 Å². The van der Waals surface area contributed by atoms with Gasteiger partial charge in [-0.3, -0.25) is 4.79 Å². The van der Waals surface area contributed by atoms with Gasteiger partial charge in [-0.1, -0.05) is 217 Å². The molecule has 322 valence electrons. The van der Waals surface area contributed by atoms with Crippen molar-refractivity contribution in [1.29, 1.82) is 0 Å². The van der Waals surface area contributed by atoms with Crippen LogP contribution in [0.3, 0.4) is 0 Å². The number of hydrogen-bond acceptors (Lipinski definition) is 4. The lowest BCUT2D eigenvalue weighted by atomic mass is 10.0. The minimum atomic E-state index is -1.11. The second-order valence-corrected chi connectivity index (χ2v) is 16.3. The van der Waals surface area contributed by atoms with E-state index < -0.39 is 24.2 Å². The van der Waals surface area contributed by atoms with Crippen LogP contribution in [0.2, 0.25) is 0 Å². The molecule has 55 heavy (non-hydrogen) atoms. The van der Waals surface area contributed by atoms with Crippen LogP contribution in [0.25, 0.3) is 0 Å². The third kappa shape index (κ3) is 40.3. The Morgan fingerprint density at radius 1 is 0.436 bits per heavy atom. The first kappa shape index (κ1) is 53.3. The van der Waals surface area contributed by atoms with E-state index in [0.29, 0.717) is 6.42 Å². The van der Waals surface area contributed by atoms with Gasteiger partial charge in [-0.2, -0.15) is 0 Å². The van der Waals surface area contributed by atoms with Crippen LogP contribution in [-0.2, 0) is 4.79 Å². The fourth-order valence-electron chi connectivity index (χ4n) is 7.09. The molecular formula is C50H93NO4. The van der Waals surface area contributed by atoms with Crippen molar-refractivity contribution in [3.05, 3.63) is 48.6 Å². The van der Waals surface area contributed by atoms with Crippen molar-refractivity contribution < 1.29 is 20.1 Å². The van der Waals surface area contributed by atoms with Gasteiger partial charge in [0.2, 0.25) is 5.91 Å². The SMILES string of the molecule is CCCCC/C=C/CC/C=C/CC/C=C/C(O)C(CO)NC(=O)C(O)CCCCCCCCCCCCCC/C=C\CCCCCCCCCCCCCC. The average Bonchev–Trinajstić information content (AvgIpc) is 3.19. The Bertz CT molecular complexity index is 896. The van der Waals surface area contributed by atoms with Gasteiger partial charge in [-0.05, 0) is 70.6 Å². The number of hydrogen-bond donors (Lipinski definition) is 4. The van der Waals surface area contributed by atoms with E-state index in [1.165, 1.54) is 173 Å². The molecule has 0 saturated heterocycles. The summed E-state index contributed by atoms with van der Waals surface area (Å²) >= 11 is 0. The van der Waals surface area contributed by atoms with Gasteiger partial charge in [0.1, 0.15) is 6.10 Å². The third-order valence-corrected chi connectivity index (χ3v) is 10.9. The molecule has 0 radical (unpaired) electrons. The van der Waals surface area contributed by atoms with Gasteiger partial charge in [-0.15, -0.1) is 0 Å². The van der Waals surface area contributed by atoms with Gasteiger partial charge in [-0.25, -0.2) is 0 Å². The van der Waals surface area contributed by atoms with E-state index in [4.69, 9.17) is 0 Å². The highest BCUT2D eigenvalue weighted by Gasteiger charge is 2.22. The molecule has 3 atom stereocenters. The molecule has 0 aliphatic rings. The number of allylic oxidation sites excluding steroid dienone is 7. The van der Waals surface area contributed by atoms with Crippen LogP contribution in [0.1, 0.15) is 239 Å². The molecule has 0 spiro atoms. The summed E-state index contributed by atoms with van der Waals surface area (Å²) < 4.78 is 0. The summed E-state index contributed by atoms with van der Waals surface area (Å²) in [4.78, 5) is 12.5. The molecule has 0 aromatic carbocycles. The molecule has 5 nitrogen and oxygen atoms in total.